The van der Waals surface area contributed by atoms with E-state index < -0.39 is 4.92 Å². The lowest BCUT2D eigenvalue weighted by Crippen LogP contribution is -2.30. The van der Waals surface area contributed by atoms with E-state index in [0.717, 1.165) is 25.9 Å². The number of nitro benzene ring substituents is 1. The Bertz CT molecular complexity index is 725. The van der Waals surface area contributed by atoms with Gasteiger partial charge in [-0.25, -0.2) is 0 Å². The number of benzene rings is 1. The van der Waals surface area contributed by atoms with E-state index in [9.17, 15) is 15.4 Å². The van der Waals surface area contributed by atoms with Crippen molar-refractivity contribution in [2.45, 2.75) is 19.3 Å². The van der Waals surface area contributed by atoms with Gasteiger partial charge in [0, 0.05) is 25.2 Å². The Balaban J connectivity index is 1.93. The number of aromatic nitrogens is 3. The van der Waals surface area contributed by atoms with E-state index in [2.05, 4.69) is 21.2 Å². The van der Waals surface area contributed by atoms with Gasteiger partial charge in [-0.1, -0.05) is 0 Å². The lowest BCUT2D eigenvalue weighted by Gasteiger charge is -2.26. The van der Waals surface area contributed by atoms with Crippen LogP contribution in [0.15, 0.2) is 24.3 Å². The molecule has 8 nitrogen and oxygen atoms in total. The highest BCUT2D eigenvalue weighted by Crippen LogP contribution is 2.22. The molecule has 0 radical (unpaired) electrons. The molecule has 2 heterocycles. The molecule has 0 bridgehead atoms. The van der Waals surface area contributed by atoms with Crippen molar-refractivity contribution >= 4 is 11.5 Å². The highest BCUT2D eigenvalue weighted by molar-refractivity contribution is 5.51. The zero-order valence-electron chi connectivity index (χ0n) is 11.8. The molecular formula is C14H14N6O2. The van der Waals surface area contributed by atoms with Crippen molar-refractivity contribution in [2.75, 3.05) is 18.0 Å². The molecule has 0 atom stereocenters. The maximum absolute atomic E-state index is 10.7. The maximum Gasteiger partial charge on any atom is 0.269 e. The van der Waals surface area contributed by atoms with Crippen molar-refractivity contribution in [3.63, 3.8) is 0 Å². The number of nitrogens with zero attached hydrogens (tertiary/aromatic N) is 6. The molecule has 0 saturated carbocycles. The summed E-state index contributed by atoms with van der Waals surface area (Å²) in [6.07, 6.45) is 3.35. The third kappa shape index (κ3) is 2.61. The summed E-state index contributed by atoms with van der Waals surface area (Å²) in [5.41, 5.74) is 0.873. The van der Waals surface area contributed by atoms with Gasteiger partial charge < -0.3 is 4.90 Å². The number of nitro groups is 1. The van der Waals surface area contributed by atoms with Crippen LogP contribution in [0.4, 0.5) is 11.5 Å². The van der Waals surface area contributed by atoms with Crippen LogP contribution < -0.4 is 4.90 Å². The molecule has 0 N–H and O–H groups in total. The van der Waals surface area contributed by atoms with Gasteiger partial charge in [-0.3, -0.25) is 10.1 Å². The molecular weight excluding hydrogens is 284 g/mol. The first-order chi connectivity index (χ1) is 10.7. The number of piperidine rings is 1. The quantitative estimate of drug-likeness (QED) is 0.634. The summed E-state index contributed by atoms with van der Waals surface area (Å²) < 4.78 is 0. The van der Waals surface area contributed by atoms with E-state index >= 15 is 0 Å². The van der Waals surface area contributed by atoms with Crippen molar-refractivity contribution in [3.05, 3.63) is 40.1 Å². The number of rotatable bonds is 3. The summed E-state index contributed by atoms with van der Waals surface area (Å²) in [5, 5.41) is 28.5. The topological polar surface area (TPSA) is 101 Å². The SMILES string of the molecule is N#Cc1nn(-c2ccc([N+](=O)[O-])cc2)nc1N1CCCCC1. The highest BCUT2D eigenvalue weighted by Gasteiger charge is 2.20. The smallest absolute Gasteiger partial charge is 0.269 e. The van der Waals surface area contributed by atoms with Crippen molar-refractivity contribution < 1.29 is 4.92 Å². The molecule has 1 aromatic heterocycles. The minimum atomic E-state index is -0.458. The highest BCUT2D eigenvalue weighted by atomic mass is 16.6. The van der Waals surface area contributed by atoms with Crippen LogP contribution in [-0.4, -0.2) is 33.0 Å². The zero-order chi connectivity index (χ0) is 15.5. The molecule has 1 saturated heterocycles. The van der Waals surface area contributed by atoms with E-state index in [1.165, 1.54) is 23.4 Å². The number of non-ortho nitro benzene ring substituents is 1. The van der Waals surface area contributed by atoms with Gasteiger partial charge in [-0.05, 0) is 31.4 Å². The lowest BCUT2D eigenvalue weighted by molar-refractivity contribution is -0.384. The van der Waals surface area contributed by atoms with E-state index in [1.807, 2.05) is 0 Å². The van der Waals surface area contributed by atoms with E-state index in [1.54, 1.807) is 12.1 Å². The van der Waals surface area contributed by atoms with Crippen LogP contribution in [0.2, 0.25) is 0 Å². The Morgan fingerprint density at radius 2 is 1.82 bits per heavy atom. The molecule has 0 aliphatic carbocycles. The van der Waals surface area contributed by atoms with Gasteiger partial charge in [0.2, 0.25) is 5.69 Å². The molecule has 1 aliphatic heterocycles. The van der Waals surface area contributed by atoms with Crippen molar-refractivity contribution in [3.8, 4) is 11.8 Å². The summed E-state index contributed by atoms with van der Waals surface area (Å²) in [5.74, 6) is 0.584. The van der Waals surface area contributed by atoms with Crippen LogP contribution in [-0.2, 0) is 0 Å². The van der Waals surface area contributed by atoms with Crippen LogP contribution in [0.25, 0.3) is 5.69 Å². The average molecular weight is 298 g/mol. The van der Waals surface area contributed by atoms with Gasteiger partial charge in [0.05, 0.1) is 10.6 Å². The van der Waals surface area contributed by atoms with Gasteiger partial charge in [-0.15, -0.1) is 15.0 Å². The van der Waals surface area contributed by atoms with Gasteiger partial charge in [0.1, 0.15) is 6.07 Å². The maximum atomic E-state index is 10.7. The first kappa shape index (κ1) is 14.0. The van der Waals surface area contributed by atoms with Crippen molar-refractivity contribution in [1.29, 1.82) is 5.26 Å². The first-order valence-electron chi connectivity index (χ1n) is 7.06. The molecule has 0 amide bonds. The van der Waals surface area contributed by atoms with Gasteiger partial charge in [-0.2, -0.15) is 5.26 Å². The van der Waals surface area contributed by atoms with Crippen molar-refractivity contribution in [2.24, 2.45) is 0 Å². The van der Waals surface area contributed by atoms with Crippen LogP contribution in [0.3, 0.4) is 0 Å². The van der Waals surface area contributed by atoms with E-state index in [0.29, 0.717) is 11.5 Å². The number of hydrogen-bond donors (Lipinski definition) is 0. The lowest BCUT2D eigenvalue weighted by atomic mass is 10.1. The minimum absolute atomic E-state index is 0.00710. The first-order valence-corrected chi connectivity index (χ1v) is 7.06. The molecule has 8 heteroatoms. The Labute approximate surface area is 126 Å². The van der Waals surface area contributed by atoms with Crippen LogP contribution in [0.1, 0.15) is 25.0 Å². The summed E-state index contributed by atoms with van der Waals surface area (Å²) in [4.78, 5) is 13.6. The second-order valence-corrected chi connectivity index (χ2v) is 5.09. The fraction of sp³-hybridized carbons (Fsp3) is 0.357. The Morgan fingerprint density at radius 1 is 1.14 bits per heavy atom. The van der Waals surface area contributed by atoms with E-state index in [-0.39, 0.29) is 11.4 Å². The predicted molar refractivity (Wildman–Crippen MR) is 78.8 cm³/mol. The summed E-state index contributed by atoms with van der Waals surface area (Å²) in [7, 11) is 0. The third-order valence-corrected chi connectivity index (χ3v) is 3.65. The summed E-state index contributed by atoms with van der Waals surface area (Å²) in [6.45, 7) is 1.74. The average Bonchev–Trinajstić information content (AvgIpc) is 3.00. The molecule has 1 aromatic carbocycles. The fourth-order valence-electron chi connectivity index (χ4n) is 2.51. The third-order valence-electron chi connectivity index (χ3n) is 3.65. The number of hydrogen-bond acceptors (Lipinski definition) is 6. The molecule has 22 heavy (non-hydrogen) atoms. The molecule has 1 fully saturated rings. The van der Waals surface area contributed by atoms with Crippen molar-refractivity contribution in [1.82, 2.24) is 15.0 Å². The molecule has 112 valence electrons. The summed E-state index contributed by atoms with van der Waals surface area (Å²) in [6, 6.07) is 7.99. The van der Waals surface area contributed by atoms with Gasteiger partial charge >= 0.3 is 0 Å². The number of anilines is 1. The zero-order valence-corrected chi connectivity index (χ0v) is 11.8. The largest absolute Gasteiger partial charge is 0.353 e. The normalized spacial score (nSPS) is 14.6. The van der Waals surface area contributed by atoms with Crippen LogP contribution in [0.5, 0.6) is 0 Å². The standard InChI is InChI=1S/C14H14N6O2/c15-10-13-14(18-8-2-1-3-9-18)17-19(16-13)11-4-6-12(7-5-11)20(21)22/h4-7H,1-3,8-9H2. The van der Waals surface area contributed by atoms with E-state index in [4.69, 9.17) is 0 Å². The predicted octanol–water partition coefficient (Wildman–Crippen LogP) is 2.04. The minimum Gasteiger partial charge on any atom is -0.353 e. The second kappa shape index (κ2) is 5.81. The van der Waals surface area contributed by atoms with Gasteiger partial charge in [0.25, 0.3) is 5.69 Å². The Kier molecular flexibility index (Phi) is 3.70. The monoisotopic (exact) mass is 298 g/mol. The van der Waals surface area contributed by atoms with Crippen LogP contribution >= 0.6 is 0 Å². The second-order valence-electron chi connectivity index (χ2n) is 5.09. The number of nitriles is 1. The molecule has 1 aliphatic rings. The molecule has 0 spiro atoms. The Hall–Kier alpha value is -2.95. The van der Waals surface area contributed by atoms with Gasteiger partial charge in [0.15, 0.2) is 5.82 Å². The summed E-state index contributed by atoms with van der Waals surface area (Å²) >= 11 is 0. The molecule has 3 rings (SSSR count). The molecule has 2 aromatic rings. The van der Waals surface area contributed by atoms with Crippen LogP contribution in [0, 0.1) is 21.4 Å². The Morgan fingerprint density at radius 3 is 2.41 bits per heavy atom. The molecule has 0 unspecified atom stereocenters. The fourth-order valence-corrected chi connectivity index (χ4v) is 2.51.